The van der Waals surface area contributed by atoms with Crippen LogP contribution in [-0.2, 0) is 9.63 Å². The molecule has 0 saturated carbocycles. The maximum atomic E-state index is 12.9. The lowest BCUT2D eigenvalue weighted by atomic mass is 10.3. The summed E-state index contributed by atoms with van der Waals surface area (Å²) in [6.45, 7) is 1.98. The van der Waals surface area contributed by atoms with Crippen molar-refractivity contribution in [3.05, 3.63) is 35.9 Å². The molecule has 0 unspecified atom stereocenters. The van der Waals surface area contributed by atoms with Crippen LogP contribution in [0.15, 0.2) is 35.9 Å². The summed E-state index contributed by atoms with van der Waals surface area (Å²) >= 11 is 7.17. The molecule has 0 aliphatic heterocycles. The van der Waals surface area contributed by atoms with E-state index in [2.05, 4.69) is 15.2 Å². The van der Waals surface area contributed by atoms with Gasteiger partial charge in [0, 0.05) is 24.2 Å². The number of carbonyl (C=O) groups is 1. The van der Waals surface area contributed by atoms with Crippen LogP contribution in [0.1, 0.15) is 13.3 Å². The van der Waals surface area contributed by atoms with E-state index >= 15 is 0 Å². The number of hydrogen-bond donors (Lipinski definition) is 0. The van der Waals surface area contributed by atoms with E-state index in [1.54, 1.807) is 37.6 Å². The highest BCUT2D eigenvalue weighted by molar-refractivity contribution is 8.00. The number of alkyl halides is 3. The number of thioether (sulfide) groups is 1. The van der Waals surface area contributed by atoms with Crippen molar-refractivity contribution in [3.8, 4) is 5.69 Å². The zero-order valence-corrected chi connectivity index (χ0v) is 17.3. The van der Waals surface area contributed by atoms with Gasteiger partial charge in [-0.15, -0.1) is 0 Å². The van der Waals surface area contributed by atoms with E-state index < -0.39 is 18.5 Å². The Morgan fingerprint density at radius 3 is 2.79 bits per heavy atom. The molecule has 0 spiro atoms. The Hall–Kier alpha value is -2.27. The van der Waals surface area contributed by atoms with Crippen LogP contribution in [0.25, 0.3) is 5.69 Å². The van der Waals surface area contributed by atoms with E-state index in [1.807, 2.05) is 0 Å². The normalized spacial score (nSPS) is 12.1. The first-order valence-electron chi connectivity index (χ1n) is 8.48. The van der Waals surface area contributed by atoms with E-state index in [9.17, 15) is 18.0 Å². The molecule has 12 heteroatoms. The lowest BCUT2D eigenvalue weighted by Gasteiger charge is -2.20. The Balaban J connectivity index is 2.17. The van der Waals surface area contributed by atoms with Gasteiger partial charge in [0.05, 0.1) is 24.5 Å². The van der Waals surface area contributed by atoms with Crippen LogP contribution in [0.5, 0.6) is 0 Å². The summed E-state index contributed by atoms with van der Waals surface area (Å²) in [7, 11) is 1.26. The molecular weight excluding hydrogens is 431 g/mol. The summed E-state index contributed by atoms with van der Waals surface area (Å²) < 4.78 is 38.4. The lowest BCUT2D eigenvalue weighted by molar-refractivity contribution is -0.129. The Morgan fingerprint density at radius 1 is 1.45 bits per heavy atom. The average molecular weight is 450 g/mol. The standard InChI is InChI=1S/C17H19ClF3N5O2S/c1-3-25(14-10-26(23-15(14)18)12-5-4-7-22-9-12)16(27)13(24-28-2)11-29-8-6-17(19,20)21/h4-5,7,9-10H,3,6,8,11H2,1-2H3/b24-13+. The second kappa shape index (κ2) is 10.5. The molecule has 0 N–H and O–H groups in total. The topological polar surface area (TPSA) is 72.6 Å². The summed E-state index contributed by atoms with van der Waals surface area (Å²) in [5.74, 6) is -0.750. The molecule has 2 heterocycles. The third-order valence-corrected chi connectivity index (χ3v) is 4.87. The summed E-state index contributed by atoms with van der Waals surface area (Å²) in [5, 5.41) is 7.97. The first-order valence-corrected chi connectivity index (χ1v) is 10.0. The molecule has 0 atom stereocenters. The molecule has 0 aliphatic rings. The van der Waals surface area contributed by atoms with Crippen molar-refractivity contribution in [2.75, 3.05) is 30.1 Å². The number of rotatable bonds is 9. The minimum absolute atomic E-state index is 0.0216. The van der Waals surface area contributed by atoms with E-state index in [1.165, 1.54) is 16.7 Å². The van der Waals surface area contributed by atoms with Crippen molar-refractivity contribution in [2.45, 2.75) is 19.5 Å². The number of nitrogens with zero attached hydrogens (tertiary/aromatic N) is 5. The zero-order valence-electron chi connectivity index (χ0n) is 15.7. The molecule has 1 amide bonds. The Bertz CT molecular complexity index is 845. The molecule has 2 aromatic rings. The Kier molecular flexibility index (Phi) is 8.32. The number of carbonyl (C=O) groups excluding carboxylic acids is 1. The largest absolute Gasteiger partial charge is 0.399 e. The minimum Gasteiger partial charge on any atom is -0.399 e. The summed E-state index contributed by atoms with van der Waals surface area (Å²) in [4.78, 5) is 23.0. The van der Waals surface area contributed by atoms with Gasteiger partial charge in [0.2, 0.25) is 0 Å². The van der Waals surface area contributed by atoms with Crippen molar-refractivity contribution < 1.29 is 22.8 Å². The molecule has 0 aromatic carbocycles. The van der Waals surface area contributed by atoms with Gasteiger partial charge in [-0.1, -0.05) is 16.8 Å². The molecule has 0 aliphatic carbocycles. The summed E-state index contributed by atoms with van der Waals surface area (Å²) in [6, 6.07) is 3.50. The number of aromatic nitrogens is 3. The van der Waals surface area contributed by atoms with Crippen molar-refractivity contribution >= 4 is 40.7 Å². The lowest BCUT2D eigenvalue weighted by Crippen LogP contribution is -2.37. The number of oxime groups is 1. The van der Waals surface area contributed by atoms with Gasteiger partial charge in [0.15, 0.2) is 10.9 Å². The Morgan fingerprint density at radius 2 is 2.21 bits per heavy atom. The van der Waals surface area contributed by atoms with Crippen molar-refractivity contribution in [1.29, 1.82) is 0 Å². The van der Waals surface area contributed by atoms with Gasteiger partial charge >= 0.3 is 6.18 Å². The predicted octanol–water partition coefficient (Wildman–Crippen LogP) is 3.96. The number of amides is 1. The van der Waals surface area contributed by atoms with Gasteiger partial charge in [-0.25, -0.2) is 4.68 Å². The predicted molar refractivity (Wildman–Crippen MR) is 107 cm³/mol. The van der Waals surface area contributed by atoms with Crippen molar-refractivity contribution in [3.63, 3.8) is 0 Å². The van der Waals surface area contributed by atoms with Gasteiger partial charge < -0.3 is 9.74 Å². The zero-order chi connectivity index (χ0) is 21.4. The van der Waals surface area contributed by atoms with Crippen LogP contribution < -0.4 is 4.90 Å². The highest BCUT2D eigenvalue weighted by atomic mass is 35.5. The highest BCUT2D eigenvalue weighted by Crippen LogP contribution is 2.27. The molecular formula is C17H19ClF3N5O2S. The molecule has 2 aromatic heterocycles. The van der Waals surface area contributed by atoms with Gasteiger partial charge in [-0.3, -0.25) is 9.78 Å². The summed E-state index contributed by atoms with van der Waals surface area (Å²) in [6.07, 6.45) is -0.434. The van der Waals surface area contributed by atoms with Crippen LogP contribution >= 0.6 is 23.4 Å². The van der Waals surface area contributed by atoms with Gasteiger partial charge in [-0.05, 0) is 19.1 Å². The third kappa shape index (κ3) is 6.64. The first-order chi connectivity index (χ1) is 13.8. The molecule has 0 saturated heterocycles. The molecule has 158 valence electrons. The van der Waals surface area contributed by atoms with E-state index in [0.29, 0.717) is 11.4 Å². The van der Waals surface area contributed by atoms with E-state index in [-0.39, 0.29) is 28.9 Å². The molecule has 7 nitrogen and oxygen atoms in total. The monoisotopic (exact) mass is 449 g/mol. The second-order valence-electron chi connectivity index (χ2n) is 5.65. The molecule has 0 fully saturated rings. The minimum atomic E-state index is -4.25. The highest BCUT2D eigenvalue weighted by Gasteiger charge is 2.28. The summed E-state index contributed by atoms with van der Waals surface area (Å²) in [5.41, 5.74) is 0.969. The quantitative estimate of drug-likeness (QED) is 0.329. The van der Waals surface area contributed by atoms with Crippen LogP contribution in [0.2, 0.25) is 5.15 Å². The van der Waals surface area contributed by atoms with Gasteiger partial charge in [0.25, 0.3) is 5.91 Å². The first kappa shape index (κ1) is 23.0. The van der Waals surface area contributed by atoms with Gasteiger partial charge in [0.1, 0.15) is 12.8 Å². The van der Waals surface area contributed by atoms with E-state index in [0.717, 1.165) is 11.8 Å². The number of halogens is 4. The smallest absolute Gasteiger partial charge is 0.389 e. The number of pyridine rings is 1. The van der Waals surface area contributed by atoms with Crippen LogP contribution in [0, 0.1) is 0 Å². The second-order valence-corrected chi connectivity index (χ2v) is 7.11. The average Bonchev–Trinajstić information content (AvgIpc) is 3.06. The molecule has 2 rings (SSSR count). The van der Waals surface area contributed by atoms with Gasteiger partial charge in [-0.2, -0.15) is 30.0 Å². The van der Waals surface area contributed by atoms with Crippen molar-refractivity contribution in [1.82, 2.24) is 14.8 Å². The molecule has 29 heavy (non-hydrogen) atoms. The maximum Gasteiger partial charge on any atom is 0.389 e. The molecule has 0 bridgehead atoms. The van der Waals surface area contributed by atoms with E-state index in [4.69, 9.17) is 16.4 Å². The number of hydrogen-bond acceptors (Lipinski definition) is 6. The third-order valence-electron chi connectivity index (χ3n) is 3.63. The van der Waals surface area contributed by atoms with Crippen LogP contribution in [0.4, 0.5) is 18.9 Å². The molecule has 0 radical (unpaired) electrons. The Labute approximate surface area is 174 Å². The van der Waals surface area contributed by atoms with Crippen LogP contribution in [-0.4, -0.2) is 57.7 Å². The SMILES string of the molecule is CCN(C(=O)/C(CSCCC(F)(F)F)=N/OC)c1cn(-c2cccnc2)nc1Cl. The number of anilines is 1. The van der Waals surface area contributed by atoms with Crippen molar-refractivity contribution in [2.24, 2.45) is 5.16 Å². The fourth-order valence-electron chi connectivity index (χ4n) is 2.32. The van der Waals surface area contributed by atoms with Crippen LogP contribution in [0.3, 0.4) is 0 Å². The fourth-order valence-corrected chi connectivity index (χ4v) is 3.44. The maximum absolute atomic E-state index is 12.9. The fraction of sp³-hybridized carbons (Fsp3) is 0.412.